The van der Waals surface area contributed by atoms with Gasteiger partial charge in [-0.05, 0) is 12.5 Å². The molecule has 0 amide bonds. The molecule has 0 aliphatic rings. The summed E-state index contributed by atoms with van der Waals surface area (Å²) in [4.78, 5) is 5.29. The molecule has 1 aromatic carbocycles. The van der Waals surface area contributed by atoms with Crippen molar-refractivity contribution in [1.29, 1.82) is 0 Å². The zero-order valence-electron chi connectivity index (χ0n) is 11.0. The molecule has 0 spiro atoms. The molecule has 2 aromatic rings. The second kappa shape index (κ2) is 7.35. The second-order valence-corrected chi connectivity index (χ2v) is 5.20. The van der Waals surface area contributed by atoms with Crippen molar-refractivity contribution in [2.45, 2.75) is 25.5 Å². The Balaban J connectivity index is 2.16. The van der Waals surface area contributed by atoms with Crippen LogP contribution < -0.4 is 11.3 Å². The zero-order chi connectivity index (χ0) is 13.5. The van der Waals surface area contributed by atoms with E-state index in [1.165, 1.54) is 4.88 Å². The molecule has 5 heteroatoms. The van der Waals surface area contributed by atoms with Crippen molar-refractivity contribution in [2.24, 2.45) is 5.84 Å². The number of ether oxygens (including phenoxy) is 1. The standard InChI is InChI=1S/C14H19N3OS/c1-2-18-14(11-6-4-3-5-7-11)13(17-15)8-12-9-16-10-19-12/h3-7,9-10,13-14,17H,2,8,15H2,1H3. The highest BCUT2D eigenvalue weighted by atomic mass is 32.1. The molecule has 2 unspecified atom stereocenters. The number of hydrogen-bond acceptors (Lipinski definition) is 5. The summed E-state index contributed by atoms with van der Waals surface area (Å²) in [6.07, 6.45) is 2.63. The number of thiazole rings is 1. The molecule has 0 fully saturated rings. The molecule has 102 valence electrons. The van der Waals surface area contributed by atoms with Crippen molar-refractivity contribution < 1.29 is 4.74 Å². The van der Waals surface area contributed by atoms with Gasteiger partial charge in [0, 0.05) is 24.1 Å². The Morgan fingerprint density at radius 3 is 2.74 bits per heavy atom. The summed E-state index contributed by atoms with van der Waals surface area (Å²) in [7, 11) is 0. The molecule has 3 N–H and O–H groups in total. The van der Waals surface area contributed by atoms with E-state index in [1.54, 1.807) is 11.3 Å². The molecule has 0 radical (unpaired) electrons. The summed E-state index contributed by atoms with van der Waals surface area (Å²) in [6, 6.07) is 10.2. The van der Waals surface area contributed by atoms with E-state index in [1.807, 2.05) is 36.8 Å². The molecular weight excluding hydrogens is 258 g/mol. The number of nitrogens with two attached hydrogens (primary N) is 1. The molecule has 0 aliphatic carbocycles. The Hall–Kier alpha value is -1.27. The van der Waals surface area contributed by atoms with Crippen LogP contribution in [0.5, 0.6) is 0 Å². The van der Waals surface area contributed by atoms with Crippen molar-refractivity contribution in [3.63, 3.8) is 0 Å². The number of hydrazine groups is 1. The predicted molar refractivity (Wildman–Crippen MR) is 77.7 cm³/mol. The molecule has 19 heavy (non-hydrogen) atoms. The topological polar surface area (TPSA) is 60.2 Å². The number of aromatic nitrogens is 1. The molecule has 0 aliphatic heterocycles. The van der Waals surface area contributed by atoms with E-state index in [9.17, 15) is 0 Å². The second-order valence-electron chi connectivity index (χ2n) is 4.23. The highest BCUT2D eigenvalue weighted by Crippen LogP contribution is 2.24. The first-order chi connectivity index (χ1) is 9.35. The van der Waals surface area contributed by atoms with Crippen molar-refractivity contribution >= 4 is 11.3 Å². The van der Waals surface area contributed by atoms with Crippen LogP contribution >= 0.6 is 11.3 Å². The molecule has 0 saturated heterocycles. The van der Waals surface area contributed by atoms with Crippen LogP contribution in [0.2, 0.25) is 0 Å². The summed E-state index contributed by atoms with van der Waals surface area (Å²) in [5, 5.41) is 0. The van der Waals surface area contributed by atoms with Gasteiger partial charge < -0.3 is 4.74 Å². The van der Waals surface area contributed by atoms with Crippen molar-refractivity contribution in [3.05, 3.63) is 52.5 Å². The lowest BCUT2D eigenvalue weighted by Crippen LogP contribution is -2.42. The molecule has 2 atom stereocenters. The fourth-order valence-corrected chi connectivity index (χ4v) is 2.73. The molecule has 2 rings (SSSR count). The molecule has 0 bridgehead atoms. The Morgan fingerprint density at radius 1 is 1.37 bits per heavy atom. The Labute approximate surface area is 117 Å². The van der Waals surface area contributed by atoms with Gasteiger partial charge in [0.2, 0.25) is 0 Å². The monoisotopic (exact) mass is 277 g/mol. The van der Waals surface area contributed by atoms with Crippen LogP contribution in [-0.4, -0.2) is 17.6 Å². The maximum absolute atomic E-state index is 5.87. The van der Waals surface area contributed by atoms with Gasteiger partial charge in [-0.1, -0.05) is 30.3 Å². The Kier molecular flexibility index (Phi) is 5.47. The third-order valence-corrected chi connectivity index (χ3v) is 3.76. The van der Waals surface area contributed by atoms with Gasteiger partial charge in [-0.2, -0.15) is 0 Å². The third kappa shape index (κ3) is 3.84. The lowest BCUT2D eigenvalue weighted by atomic mass is 9.99. The predicted octanol–water partition coefficient (Wildman–Crippen LogP) is 2.30. The minimum absolute atomic E-state index is 0.0304. The first-order valence-corrected chi connectivity index (χ1v) is 7.23. The van der Waals surface area contributed by atoms with E-state index in [0.29, 0.717) is 6.61 Å². The largest absolute Gasteiger partial charge is 0.372 e. The lowest BCUT2D eigenvalue weighted by Gasteiger charge is -2.26. The van der Waals surface area contributed by atoms with Crippen LogP contribution in [0.25, 0.3) is 0 Å². The minimum atomic E-state index is -0.0571. The SMILES string of the molecule is CCOC(c1ccccc1)C(Cc1cncs1)NN. The van der Waals surface area contributed by atoms with Gasteiger partial charge in [0.25, 0.3) is 0 Å². The van der Waals surface area contributed by atoms with E-state index in [-0.39, 0.29) is 12.1 Å². The number of rotatable bonds is 7. The summed E-state index contributed by atoms with van der Waals surface area (Å²) < 4.78 is 5.87. The van der Waals surface area contributed by atoms with Crippen molar-refractivity contribution in [3.8, 4) is 0 Å². The number of benzene rings is 1. The summed E-state index contributed by atoms with van der Waals surface area (Å²) in [6.45, 7) is 2.65. The number of nitrogens with one attached hydrogen (secondary N) is 1. The molecule has 0 saturated carbocycles. The quantitative estimate of drug-likeness (QED) is 0.602. The van der Waals surface area contributed by atoms with Crippen LogP contribution in [0, 0.1) is 0 Å². The van der Waals surface area contributed by atoms with Gasteiger partial charge in [-0.3, -0.25) is 16.3 Å². The average Bonchev–Trinajstić information content (AvgIpc) is 2.96. The van der Waals surface area contributed by atoms with Crippen LogP contribution in [0.3, 0.4) is 0 Å². The van der Waals surface area contributed by atoms with E-state index >= 15 is 0 Å². The molecule has 4 nitrogen and oxygen atoms in total. The Morgan fingerprint density at radius 2 is 2.16 bits per heavy atom. The third-order valence-electron chi connectivity index (χ3n) is 2.96. The average molecular weight is 277 g/mol. The summed E-state index contributed by atoms with van der Waals surface area (Å²) in [5.74, 6) is 5.71. The molecule has 1 heterocycles. The van der Waals surface area contributed by atoms with E-state index in [2.05, 4.69) is 22.5 Å². The van der Waals surface area contributed by atoms with Gasteiger partial charge in [0.05, 0.1) is 17.7 Å². The lowest BCUT2D eigenvalue weighted by molar-refractivity contribution is 0.0334. The normalized spacial score (nSPS) is 14.2. The fourth-order valence-electron chi connectivity index (χ4n) is 2.08. The van der Waals surface area contributed by atoms with Gasteiger partial charge >= 0.3 is 0 Å². The van der Waals surface area contributed by atoms with Crippen LogP contribution in [0.15, 0.2) is 42.0 Å². The van der Waals surface area contributed by atoms with E-state index in [4.69, 9.17) is 10.6 Å². The summed E-state index contributed by atoms with van der Waals surface area (Å²) >= 11 is 1.64. The smallest absolute Gasteiger partial charge is 0.0994 e. The number of hydrogen-bond donors (Lipinski definition) is 2. The molecular formula is C14H19N3OS. The first-order valence-electron chi connectivity index (χ1n) is 6.35. The number of nitrogens with zero attached hydrogens (tertiary/aromatic N) is 1. The maximum Gasteiger partial charge on any atom is 0.0994 e. The van der Waals surface area contributed by atoms with Gasteiger partial charge in [0.15, 0.2) is 0 Å². The first kappa shape index (κ1) is 14.1. The van der Waals surface area contributed by atoms with E-state index in [0.717, 1.165) is 12.0 Å². The van der Waals surface area contributed by atoms with E-state index < -0.39 is 0 Å². The highest BCUT2D eigenvalue weighted by Gasteiger charge is 2.23. The van der Waals surface area contributed by atoms with Crippen LogP contribution in [0.4, 0.5) is 0 Å². The van der Waals surface area contributed by atoms with Gasteiger partial charge in [-0.15, -0.1) is 11.3 Å². The fraction of sp³-hybridized carbons (Fsp3) is 0.357. The maximum atomic E-state index is 5.87. The highest BCUT2D eigenvalue weighted by molar-refractivity contribution is 7.09. The van der Waals surface area contributed by atoms with Crippen LogP contribution in [-0.2, 0) is 11.2 Å². The van der Waals surface area contributed by atoms with Crippen molar-refractivity contribution in [2.75, 3.05) is 6.61 Å². The zero-order valence-corrected chi connectivity index (χ0v) is 11.8. The van der Waals surface area contributed by atoms with Gasteiger partial charge in [-0.25, -0.2) is 0 Å². The Bertz CT molecular complexity index is 461. The van der Waals surface area contributed by atoms with Gasteiger partial charge in [0.1, 0.15) is 0 Å². The minimum Gasteiger partial charge on any atom is -0.372 e. The van der Waals surface area contributed by atoms with Crippen molar-refractivity contribution in [1.82, 2.24) is 10.4 Å². The summed E-state index contributed by atoms with van der Waals surface area (Å²) in [5.41, 5.74) is 5.85. The molecule has 1 aromatic heterocycles. The van der Waals surface area contributed by atoms with Crippen LogP contribution in [0.1, 0.15) is 23.5 Å².